The molecule has 1 aliphatic rings. The van der Waals surface area contributed by atoms with Gasteiger partial charge < -0.3 is 31.0 Å². The van der Waals surface area contributed by atoms with E-state index in [1.807, 2.05) is 13.8 Å². The molecule has 0 saturated carbocycles. The maximum atomic E-state index is 12.3. The predicted octanol–water partition coefficient (Wildman–Crippen LogP) is -1.12. The van der Waals surface area contributed by atoms with Crippen LogP contribution in [0.2, 0.25) is 0 Å². The number of hydrogen-bond acceptors (Lipinski definition) is 10. The molecule has 3 heterocycles. The fourth-order valence-electron chi connectivity index (χ4n) is 3.47. The Kier molecular flexibility index (Phi) is 6.83. The first-order valence-electron chi connectivity index (χ1n) is 9.93. The Morgan fingerprint density at radius 1 is 1.30 bits per heavy atom. The predicted molar refractivity (Wildman–Crippen MR) is 106 cm³/mol. The molecule has 0 aromatic carbocycles. The van der Waals surface area contributed by atoms with Crippen LogP contribution in [0.15, 0.2) is 12.7 Å². The molecule has 0 spiro atoms. The Morgan fingerprint density at radius 3 is 2.70 bits per heavy atom. The molecular weight excluding hydrogens is 394 g/mol. The maximum absolute atomic E-state index is 12.3. The van der Waals surface area contributed by atoms with Crippen LogP contribution in [0.1, 0.15) is 26.7 Å². The summed E-state index contributed by atoms with van der Waals surface area (Å²) >= 11 is 0. The highest BCUT2D eigenvalue weighted by atomic mass is 16.6. The van der Waals surface area contributed by atoms with Gasteiger partial charge in [-0.05, 0) is 12.3 Å². The minimum absolute atomic E-state index is 0.109. The highest BCUT2D eigenvalue weighted by molar-refractivity contribution is 5.81. The highest BCUT2D eigenvalue weighted by Gasteiger charge is 2.43. The number of aromatic nitrogens is 4. The van der Waals surface area contributed by atoms with Crippen molar-refractivity contribution in [2.45, 2.75) is 63.7 Å². The van der Waals surface area contributed by atoms with E-state index in [-0.39, 0.29) is 18.3 Å². The first-order valence-corrected chi connectivity index (χ1v) is 9.93. The quantitative estimate of drug-likeness (QED) is 0.257. The van der Waals surface area contributed by atoms with Crippen LogP contribution in [-0.2, 0) is 16.1 Å². The first-order chi connectivity index (χ1) is 14.2. The summed E-state index contributed by atoms with van der Waals surface area (Å²) in [5.41, 5.74) is 12.7. The molecule has 1 saturated heterocycles. The number of nitrogens with zero attached hydrogens (tertiary/aromatic N) is 5. The van der Waals surface area contributed by atoms with Crippen molar-refractivity contribution in [1.29, 1.82) is 0 Å². The van der Waals surface area contributed by atoms with Crippen molar-refractivity contribution in [3.8, 4) is 0 Å². The summed E-state index contributed by atoms with van der Waals surface area (Å²) in [5.74, 6) is -0.488. The number of rotatable bonds is 8. The number of aryl methyl sites for hydroxylation is 1. The van der Waals surface area contributed by atoms with Gasteiger partial charge in [-0.25, -0.2) is 20.0 Å². The molecule has 1 aliphatic heterocycles. The number of hydroxylamine groups is 2. The summed E-state index contributed by atoms with van der Waals surface area (Å²) in [6.07, 6.45) is -0.137. The van der Waals surface area contributed by atoms with Crippen molar-refractivity contribution < 1.29 is 25.0 Å². The molecule has 12 heteroatoms. The number of aliphatic hydroxyl groups excluding tert-OH is 2. The molecule has 30 heavy (non-hydrogen) atoms. The standard InChI is InChI=1S/C18H29N7O5/c1-3-9(2)12(19)18(28)25(29)6-11-15(27)14(26)10(30-11)4-5-24-8-23-13-16(20)21-7-22-17(13)24/h7-12,14-15,26-27,29H,3-6,19H2,1-2H3,(H2,20,21,22)/t9-,10-,11+,12-,14-,15+/m0/s1. The van der Waals surface area contributed by atoms with Crippen molar-refractivity contribution >= 4 is 22.9 Å². The Labute approximate surface area is 173 Å². The normalized spacial score (nSPS) is 26.1. The van der Waals surface area contributed by atoms with Gasteiger partial charge in [-0.3, -0.25) is 10.0 Å². The average molecular weight is 423 g/mol. The minimum atomic E-state index is -1.25. The van der Waals surface area contributed by atoms with Crippen LogP contribution in [0.4, 0.5) is 5.82 Å². The van der Waals surface area contributed by atoms with Gasteiger partial charge in [-0.15, -0.1) is 0 Å². The topological polar surface area (TPSA) is 186 Å². The summed E-state index contributed by atoms with van der Waals surface area (Å²) in [4.78, 5) is 24.5. The van der Waals surface area contributed by atoms with Gasteiger partial charge in [0.1, 0.15) is 30.2 Å². The third-order valence-corrected chi connectivity index (χ3v) is 5.69. The fourth-order valence-corrected chi connectivity index (χ4v) is 3.47. The van der Waals surface area contributed by atoms with Crippen molar-refractivity contribution in [2.24, 2.45) is 11.7 Å². The Bertz CT molecular complexity index is 878. The second-order valence-electron chi connectivity index (χ2n) is 7.68. The van der Waals surface area contributed by atoms with Crippen LogP contribution in [-0.4, -0.2) is 82.9 Å². The zero-order valence-electron chi connectivity index (χ0n) is 17.0. The summed E-state index contributed by atoms with van der Waals surface area (Å²) < 4.78 is 7.47. The third kappa shape index (κ3) is 4.37. The molecule has 6 atom stereocenters. The van der Waals surface area contributed by atoms with Gasteiger partial charge in [0.25, 0.3) is 5.91 Å². The summed E-state index contributed by atoms with van der Waals surface area (Å²) in [6.45, 7) is 3.81. The monoisotopic (exact) mass is 423 g/mol. The fraction of sp³-hybridized carbons (Fsp3) is 0.667. The molecule has 0 radical (unpaired) electrons. The SMILES string of the molecule is CC[C@H](C)[C@H](N)C(=O)N(O)C[C@H]1O[C@@H](CCn2cnc3c(N)ncnc32)[C@H](O)[C@@H]1O. The van der Waals surface area contributed by atoms with Crippen molar-refractivity contribution in [1.82, 2.24) is 24.6 Å². The summed E-state index contributed by atoms with van der Waals surface area (Å²) in [7, 11) is 0. The second-order valence-corrected chi connectivity index (χ2v) is 7.68. The Balaban J connectivity index is 1.59. The summed E-state index contributed by atoms with van der Waals surface area (Å²) in [5, 5.41) is 31.2. The van der Waals surface area contributed by atoms with Crippen molar-refractivity contribution in [3.05, 3.63) is 12.7 Å². The van der Waals surface area contributed by atoms with Crippen LogP contribution < -0.4 is 11.5 Å². The number of amides is 1. The van der Waals surface area contributed by atoms with Gasteiger partial charge >= 0.3 is 0 Å². The zero-order valence-corrected chi connectivity index (χ0v) is 17.0. The zero-order chi connectivity index (χ0) is 22.0. The van der Waals surface area contributed by atoms with E-state index in [1.165, 1.54) is 6.33 Å². The third-order valence-electron chi connectivity index (χ3n) is 5.69. The number of carbonyl (C=O) groups excluding carboxylic acids is 1. The maximum Gasteiger partial charge on any atom is 0.263 e. The molecule has 2 aromatic rings. The van der Waals surface area contributed by atoms with Gasteiger partial charge in [-0.1, -0.05) is 20.3 Å². The van der Waals surface area contributed by atoms with E-state index in [9.17, 15) is 20.2 Å². The lowest BCUT2D eigenvalue weighted by atomic mass is 9.99. The minimum Gasteiger partial charge on any atom is -0.388 e. The van der Waals surface area contributed by atoms with Crippen LogP contribution in [0.25, 0.3) is 11.2 Å². The highest BCUT2D eigenvalue weighted by Crippen LogP contribution is 2.26. The largest absolute Gasteiger partial charge is 0.388 e. The van der Waals surface area contributed by atoms with Crippen LogP contribution >= 0.6 is 0 Å². The number of imidazole rings is 1. The van der Waals surface area contributed by atoms with E-state index >= 15 is 0 Å². The number of carbonyl (C=O) groups is 1. The molecular formula is C18H29N7O5. The molecule has 1 fully saturated rings. The number of hydrogen-bond donors (Lipinski definition) is 5. The number of ether oxygens (including phenoxy) is 1. The van der Waals surface area contributed by atoms with E-state index < -0.39 is 36.4 Å². The molecule has 0 aliphatic carbocycles. The number of fused-ring (bicyclic) bond motifs is 1. The number of nitrogens with two attached hydrogens (primary N) is 2. The average Bonchev–Trinajstić information content (AvgIpc) is 3.27. The molecule has 2 aromatic heterocycles. The number of anilines is 1. The van der Waals surface area contributed by atoms with E-state index in [0.29, 0.717) is 35.6 Å². The first kappa shape index (κ1) is 22.3. The van der Waals surface area contributed by atoms with Gasteiger partial charge in [0, 0.05) is 6.54 Å². The molecule has 0 unspecified atom stereocenters. The lowest BCUT2D eigenvalue weighted by molar-refractivity contribution is -0.177. The van der Waals surface area contributed by atoms with Crippen LogP contribution in [0, 0.1) is 5.92 Å². The van der Waals surface area contributed by atoms with Gasteiger partial charge in [-0.2, -0.15) is 0 Å². The Hall–Kier alpha value is -2.38. The van der Waals surface area contributed by atoms with E-state index in [2.05, 4.69) is 15.0 Å². The van der Waals surface area contributed by atoms with Crippen molar-refractivity contribution in [3.63, 3.8) is 0 Å². The molecule has 7 N–H and O–H groups in total. The molecule has 166 valence electrons. The number of nitrogen functional groups attached to an aromatic ring is 1. The number of aliphatic hydroxyl groups is 2. The second kappa shape index (κ2) is 9.18. The van der Waals surface area contributed by atoms with Gasteiger partial charge in [0.05, 0.1) is 25.0 Å². The van der Waals surface area contributed by atoms with Crippen molar-refractivity contribution in [2.75, 3.05) is 12.3 Å². The molecule has 3 rings (SSSR count). The van der Waals surface area contributed by atoms with Gasteiger partial charge in [0.2, 0.25) is 0 Å². The van der Waals surface area contributed by atoms with E-state index in [0.717, 1.165) is 0 Å². The van der Waals surface area contributed by atoms with Gasteiger partial charge in [0.15, 0.2) is 11.5 Å². The van der Waals surface area contributed by atoms with E-state index in [4.69, 9.17) is 16.2 Å². The lowest BCUT2D eigenvalue weighted by Crippen LogP contribution is -2.49. The smallest absolute Gasteiger partial charge is 0.263 e. The molecule has 0 bridgehead atoms. The summed E-state index contributed by atoms with van der Waals surface area (Å²) in [6, 6.07) is -0.858. The molecule has 12 nitrogen and oxygen atoms in total. The Morgan fingerprint density at radius 2 is 2.00 bits per heavy atom. The molecule has 1 amide bonds. The van der Waals surface area contributed by atoms with Crippen LogP contribution in [0.5, 0.6) is 0 Å². The van der Waals surface area contributed by atoms with E-state index in [1.54, 1.807) is 10.9 Å². The van der Waals surface area contributed by atoms with Crippen LogP contribution in [0.3, 0.4) is 0 Å². The lowest BCUT2D eigenvalue weighted by Gasteiger charge is -2.25.